The number of rotatable bonds is 10. The third-order valence-electron chi connectivity index (χ3n) is 5.89. The van der Waals surface area contributed by atoms with E-state index in [1.54, 1.807) is 24.3 Å². The average Bonchev–Trinajstić information content (AvgIpc) is 2.88. The summed E-state index contributed by atoms with van der Waals surface area (Å²) in [6.07, 6.45) is 1.86. The van der Waals surface area contributed by atoms with E-state index in [1.807, 2.05) is 38.0 Å². The molecule has 196 valence electrons. The zero-order chi connectivity index (χ0) is 26.7. The summed E-state index contributed by atoms with van der Waals surface area (Å²) in [5, 5.41) is 20.0. The quantitative estimate of drug-likeness (QED) is 0.172. The topological polar surface area (TPSA) is 125 Å². The number of hydrogen-bond acceptors (Lipinski definition) is 11. The minimum atomic E-state index is -0.385. The van der Waals surface area contributed by atoms with Gasteiger partial charge in [0.05, 0.1) is 4.92 Å². The van der Waals surface area contributed by atoms with E-state index in [1.165, 1.54) is 11.8 Å². The van der Waals surface area contributed by atoms with Crippen molar-refractivity contribution in [2.24, 2.45) is 0 Å². The van der Waals surface area contributed by atoms with Crippen LogP contribution in [0.4, 0.5) is 29.2 Å². The third kappa shape index (κ3) is 5.38. The standard InChI is InChI=1S/C25H33N9O2S/c1-7-13-26-20-18-17(15-9-11-16(12-10-15)34(35)36)19-21(27-14-8-2)29-25(33(5)6)31-23(19)37-22(18)30-24(28-20)32(3)4/h9-12,17H,7-8,13-14H2,1-6H3,(H,26,28,30)(H,27,29,31). The molecule has 0 bridgehead atoms. The minimum Gasteiger partial charge on any atom is -0.370 e. The lowest BCUT2D eigenvalue weighted by Gasteiger charge is -2.31. The van der Waals surface area contributed by atoms with E-state index < -0.39 is 0 Å². The number of aromatic nitrogens is 4. The van der Waals surface area contributed by atoms with Crippen molar-refractivity contribution in [3.63, 3.8) is 0 Å². The van der Waals surface area contributed by atoms with E-state index in [4.69, 9.17) is 19.9 Å². The summed E-state index contributed by atoms with van der Waals surface area (Å²) in [6.45, 7) is 5.71. The van der Waals surface area contributed by atoms with Gasteiger partial charge in [-0.15, -0.1) is 0 Å². The second-order valence-corrected chi connectivity index (χ2v) is 10.2. The molecule has 0 radical (unpaired) electrons. The van der Waals surface area contributed by atoms with Crippen LogP contribution in [0.5, 0.6) is 0 Å². The van der Waals surface area contributed by atoms with Crippen LogP contribution in [-0.4, -0.2) is 66.1 Å². The highest BCUT2D eigenvalue weighted by Crippen LogP contribution is 2.52. The Bertz CT molecular complexity index is 1210. The lowest BCUT2D eigenvalue weighted by Crippen LogP contribution is -2.23. The van der Waals surface area contributed by atoms with Gasteiger partial charge in [0.2, 0.25) is 11.9 Å². The zero-order valence-corrected chi connectivity index (χ0v) is 22.9. The Morgan fingerprint density at radius 2 is 1.30 bits per heavy atom. The molecule has 0 unspecified atom stereocenters. The van der Waals surface area contributed by atoms with Gasteiger partial charge < -0.3 is 20.4 Å². The Balaban J connectivity index is 2.02. The largest absolute Gasteiger partial charge is 0.370 e. The maximum atomic E-state index is 11.4. The molecule has 3 heterocycles. The van der Waals surface area contributed by atoms with E-state index >= 15 is 0 Å². The molecule has 1 aliphatic rings. The average molecular weight is 524 g/mol. The molecular weight excluding hydrogens is 490 g/mol. The van der Waals surface area contributed by atoms with Gasteiger partial charge >= 0.3 is 0 Å². The molecule has 0 spiro atoms. The summed E-state index contributed by atoms with van der Waals surface area (Å²) >= 11 is 1.50. The first-order valence-electron chi connectivity index (χ1n) is 12.3. The molecular formula is C25H33N9O2S. The molecule has 0 amide bonds. The minimum absolute atomic E-state index is 0.0430. The maximum absolute atomic E-state index is 11.4. The van der Waals surface area contributed by atoms with Crippen molar-refractivity contribution in [2.75, 3.05) is 61.7 Å². The van der Waals surface area contributed by atoms with Crippen molar-refractivity contribution in [1.29, 1.82) is 0 Å². The summed E-state index contributed by atoms with van der Waals surface area (Å²) in [7, 11) is 7.67. The second kappa shape index (κ2) is 11.2. The van der Waals surface area contributed by atoms with Gasteiger partial charge in [0.25, 0.3) is 5.69 Å². The van der Waals surface area contributed by atoms with Gasteiger partial charge in [-0.1, -0.05) is 26.0 Å². The Morgan fingerprint density at radius 1 is 0.838 bits per heavy atom. The maximum Gasteiger partial charge on any atom is 0.269 e. The van der Waals surface area contributed by atoms with Crippen LogP contribution in [0.3, 0.4) is 0 Å². The van der Waals surface area contributed by atoms with Crippen molar-refractivity contribution in [3.05, 3.63) is 51.1 Å². The van der Waals surface area contributed by atoms with Crippen LogP contribution in [0.25, 0.3) is 0 Å². The summed E-state index contributed by atoms with van der Waals surface area (Å²) in [4.78, 5) is 34.3. The van der Waals surface area contributed by atoms with Crippen molar-refractivity contribution >= 4 is 41.0 Å². The number of benzene rings is 1. The van der Waals surface area contributed by atoms with Gasteiger partial charge in [-0.3, -0.25) is 10.1 Å². The van der Waals surface area contributed by atoms with Gasteiger partial charge in [-0.2, -0.15) is 9.97 Å². The molecule has 0 saturated heterocycles. The monoisotopic (exact) mass is 523 g/mol. The van der Waals surface area contributed by atoms with Crippen LogP contribution >= 0.6 is 11.8 Å². The van der Waals surface area contributed by atoms with E-state index in [0.717, 1.165) is 64.3 Å². The first kappa shape index (κ1) is 26.4. The number of nitro groups is 1. The molecule has 37 heavy (non-hydrogen) atoms. The summed E-state index contributed by atoms with van der Waals surface area (Å²) < 4.78 is 0. The van der Waals surface area contributed by atoms with Crippen LogP contribution in [0.1, 0.15) is 49.3 Å². The summed E-state index contributed by atoms with van der Waals surface area (Å²) in [5.74, 6) is 2.37. The number of nitrogens with zero attached hydrogens (tertiary/aromatic N) is 7. The first-order chi connectivity index (χ1) is 17.7. The fourth-order valence-corrected chi connectivity index (χ4v) is 5.15. The first-order valence-corrected chi connectivity index (χ1v) is 13.1. The molecule has 1 aliphatic heterocycles. The number of hydrogen-bond donors (Lipinski definition) is 2. The highest BCUT2D eigenvalue weighted by molar-refractivity contribution is 7.99. The molecule has 2 N–H and O–H groups in total. The molecule has 2 aromatic heterocycles. The van der Waals surface area contributed by atoms with Crippen LogP contribution in [0, 0.1) is 10.1 Å². The zero-order valence-electron chi connectivity index (χ0n) is 22.1. The van der Waals surface area contributed by atoms with Crippen LogP contribution in [0.15, 0.2) is 34.3 Å². The van der Waals surface area contributed by atoms with Gasteiger partial charge in [-0.25, -0.2) is 9.97 Å². The number of fused-ring (bicyclic) bond motifs is 2. The molecule has 11 nitrogen and oxygen atoms in total. The van der Waals surface area contributed by atoms with Crippen molar-refractivity contribution < 1.29 is 4.92 Å². The predicted octanol–water partition coefficient (Wildman–Crippen LogP) is 4.60. The predicted molar refractivity (Wildman–Crippen MR) is 148 cm³/mol. The highest BCUT2D eigenvalue weighted by atomic mass is 32.2. The Morgan fingerprint density at radius 3 is 1.68 bits per heavy atom. The van der Waals surface area contributed by atoms with E-state index in [-0.39, 0.29) is 16.5 Å². The smallest absolute Gasteiger partial charge is 0.269 e. The van der Waals surface area contributed by atoms with E-state index in [2.05, 4.69) is 24.5 Å². The summed E-state index contributed by atoms with van der Waals surface area (Å²) in [5.41, 5.74) is 2.77. The normalized spacial score (nSPS) is 12.5. The van der Waals surface area contributed by atoms with Crippen molar-refractivity contribution in [3.8, 4) is 0 Å². The van der Waals surface area contributed by atoms with E-state index in [0.29, 0.717) is 11.9 Å². The Kier molecular flexibility index (Phi) is 7.96. The lowest BCUT2D eigenvalue weighted by atomic mass is 9.86. The SMILES string of the molecule is CCCNc1nc(N(C)C)nc2c1C(c1ccc([N+](=O)[O-])cc1)c1c(NCCC)nc(N(C)C)nc1S2. The summed E-state index contributed by atoms with van der Waals surface area (Å²) in [6, 6.07) is 6.69. The van der Waals surface area contributed by atoms with Crippen LogP contribution < -0.4 is 20.4 Å². The lowest BCUT2D eigenvalue weighted by molar-refractivity contribution is -0.384. The third-order valence-corrected chi connectivity index (χ3v) is 6.90. The van der Waals surface area contributed by atoms with Crippen LogP contribution in [0.2, 0.25) is 0 Å². The number of anilines is 4. The molecule has 12 heteroatoms. The van der Waals surface area contributed by atoms with Gasteiger partial charge in [0.15, 0.2) is 0 Å². The second-order valence-electron chi connectivity index (χ2n) is 9.21. The van der Waals surface area contributed by atoms with Crippen molar-refractivity contribution in [1.82, 2.24) is 19.9 Å². The fourth-order valence-electron chi connectivity index (χ4n) is 4.07. The molecule has 0 aliphatic carbocycles. The number of non-ortho nitro benzene ring substituents is 1. The molecule has 4 rings (SSSR count). The Labute approximate surface area is 221 Å². The molecule has 0 fully saturated rings. The Hall–Kier alpha value is -3.67. The van der Waals surface area contributed by atoms with Gasteiger partial charge in [0, 0.05) is 70.5 Å². The van der Waals surface area contributed by atoms with Crippen LogP contribution in [-0.2, 0) is 0 Å². The number of nitrogens with one attached hydrogen (secondary N) is 2. The fraction of sp³-hybridized carbons (Fsp3) is 0.440. The molecule has 0 atom stereocenters. The highest BCUT2D eigenvalue weighted by Gasteiger charge is 2.37. The van der Waals surface area contributed by atoms with Gasteiger partial charge in [0.1, 0.15) is 21.7 Å². The number of nitro benzene ring substituents is 1. The van der Waals surface area contributed by atoms with Gasteiger partial charge in [-0.05, 0) is 30.2 Å². The molecule has 1 aromatic carbocycles. The van der Waals surface area contributed by atoms with E-state index in [9.17, 15) is 10.1 Å². The van der Waals surface area contributed by atoms with Crippen molar-refractivity contribution in [2.45, 2.75) is 42.7 Å². The molecule has 0 saturated carbocycles. The molecule has 3 aromatic rings.